The fraction of sp³-hybridized carbons (Fsp3) is 0.640. The van der Waals surface area contributed by atoms with Crippen LogP contribution in [0.4, 0.5) is 4.79 Å². The normalized spacial score (nSPS) is 26.0. The van der Waals surface area contributed by atoms with Gasteiger partial charge in [0.2, 0.25) is 5.91 Å². The van der Waals surface area contributed by atoms with Gasteiger partial charge in [-0.3, -0.25) is 19.4 Å². The van der Waals surface area contributed by atoms with Crippen molar-refractivity contribution in [2.45, 2.75) is 38.1 Å². The monoisotopic (exact) mass is 485 g/mol. The first-order chi connectivity index (χ1) is 16.9. The van der Waals surface area contributed by atoms with Gasteiger partial charge in [0, 0.05) is 39.3 Å². The Bertz CT molecular complexity index is 971. The number of likely N-dealkylation sites (tertiary alicyclic amines) is 1. The SMILES string of the molecule is C[C@]1(c2ccc3c(c2)OCCO3)NC(=O)N(CN2CCN(CC(=O)N3CCCCCC3)CC2)C1=O. The van der Waals surface area contributed by atoms with Crippen molar-refractivity contribution in [2.24, 2.45) is 0 Å². The van der Waals surface area contributed by atoms with Gasteiger partial charge in [-0.15, -0.1) is 0 Å². The van der Waals surface area contributed by atoms with Gasteiger partial charge in [0.05, 0.1) is 13.2 Å². The number of ether oxygens (including phenoxy) is 2. The summed E-state index contributed by atoms with van der Waals surface area (Å²) in [6.07, 6.45) is 4.60. The smallest absolute Gasteiger partial charge is 0.326 e. The Morgan fingerprint density at radius 1 is 0.914 bits per heavy atom. The second-order valence-electron chi connectivity index (χ2n) is 9.98. The third-order valence-corrected chi connectivity index (χ3v) is 7.52. The second-order valence-corrected chi connectivity index (χ2v) is 9.98. The highest BCUT2D eigenvalue weighted by Gasteiger charge is 2.49. The number of hydrogen-bond acceptors (Lipinski definition) is 7. The van der Waals surface area contributed by atoms with Gasteiger partial charge in [0.15, 0.2) is 11.5 Å². The van der Waals surface area contributed by atoms with Crippen molar-refractivity contribution in [2.75, 3.05) is 65.7 Å². The molecule has 1 aromatic rings. The number of piperazine rings is 1. The Morgan fingerprint density at radius 3 is 2.29 bits per heavy atom. The van der Waals surface area contributed by atoms with Crippen molar-refractivity contribution in [3.05, 3.63) is 23.8 Å². The molecule has 1 atom stereocenters. The Morgan fingerprint density at radius 2 is 1.57 bits per heavy atom. The number of carbonyl (C=O) groups excluding carboxylic acids is 3. The van der Waals surface area contributed by atoms with Gasteiger partial charge in [-0.2, -0.15) is 0 Å². The number of carbonyl (C=O) groups is 3. The Kier molecular flexibility index (Phi) is 6.84. The first kappa shape index (κ1) is 23.9. The fourth-order valence-electron chi connectivity index (χ4n) is 5.28. The van der Waals surface area contributed by atoms with Crippen LogP contribution in [-0.4, -0.2) is 103 Å². The molecule has 3 saturated heterocycles. The van der Waals surface area contributed by atoms with E-state index in [1.807, 2.05) is 4.90 Å². The molecule has 4 aliphatic rings. The van der Waals surface area contributed by atoms with E-state index in [1.54, 1.807) is 25.1 Å². The van der Waals surface area contributed by atoms with Crippen molar-refractivity contribution in [1.29, 1.82) is 0 Å². The largest absolute Gasteiger partial charge is 0.486 e. The minimum Gasteiger partial charge on any atom is -0.486 e. The molecule has 1 N–H and O–H groups in total. The summed E-state index contributed by atoms with van der Waals surface area (Å²) in [5.74, 6) is 1.16. The molecule has 0 unspecified atom stereocenters. The number of hydrogen-bond donors (Lipinski definition) is 1. The van der Waals surface area contributed by atoms with Crippen LogP contribution in [0.5, 0.6) is 11.5 Å². The molecule has 10 nitrogen and oxygen atoms in total. The van der Waals surface area contributed by atoms with E-state index in [2.05, 4.69) is 15.1 Å². The van der Waals surface area contributed by atoms with Crippen molar-refractivity contribution in [3.8, 4) is 11.5 Å². The van der Waals surface area contributed by atoms with E-state index in [0.29, 0.717) is 49.9 Å². The Labute approximate surface area is 206 Å². The highest BCUT2D eigenvalue weighted by molar-refractivity contribution is 6.07. The molecular weight excluding hydrogens is 450 g/mol. The standard InChI is InChI=1S/C25H35N5O5/c1-25(19-6-7-20-21(16-19)35-15-14-34-20)23(32)30(24(33)26-25)18-28-12-10-27(11-13-28)17-22(31)29-8-4-2-3-5-9-29/h6-7,16H,2-5,8-15,17-18H2,1H3,(H,26,33)/t25-/m1/s1. The zero-order valence-electron chi connectivity index (χ0n) is 20.5. The molecule has 5 rings (SSSR count). The number of nitrogens with one attached hydrogen (secondary N) is 1. The minimum absolute atomic E-state index is 0.213. The Balaban J connectivity index is 1.16. The van der Waals surface area contributed by atoms with Gasteiger partial charge in [-0.25, -0.2) is 9.69 Å². The van der Waals surface area contributed by atoms with Crippen LogP contribution in [0, 0.1) is 0 Å². The molecule has 0 spiro atoms. The molecule has 35 heavy (non-hydrogen) atoms. The van der Waals surface area contributed by atoms with Crippen LogP contribution in [0.3, 0.4) is 0 Å². The molecule has 4 amide bonds. The van der Waals surface area contributed by atoms with Gasteiger partial charge in [0.1, 0.15) is 18.8 Å². The molecule has 4 aliphatic heterocycles. The van der Waals surface area contributed by atoms with Crippen LogP contribution in [0.2, 0.25) is 0 Å². The molecule has 0 bridgehead atoms. The van der Waals surface area contributed by atoms with E-state index in [4.69, 9.17) is 9.47 Å². The van der Waals surface area contributed by atoms with Crippen molar-refractivity contribution in [3.63, 3.8) is 0 Å². The molecule has 4 heterocycles. The predicted molar refractivity (Wildman–Crippen MR) is 128 cm³/mol. The lowest BCUT2D eigenvalue weighted by atomic mass is 9.91. The van der Waals surface area contributed by atoms with Crippen LogP contribution in [-0.2, 0) is 15.1 Å². The van der Waals surface area contributed by atoms with Crippen molar-refractivity contribution < 1.29 is 23.9 Å². The highest BCUT2D eigenvalue weighted by atomic mass is 16.6. The zero-order valence-corrected chi connectivity index (χ0v) is 20.5. The molecule has 3 fully saturated rings. The van der Waals surface area contributed by atoms with Crippen molar-refractivity contribution in [1.82, 2.24) is 24.9 Å². The first-order valence-corrected chi connectivity index (χ1v) is 12.7. The topological polar surface area (TPSA) is 94.7 Å². The zero-order chi connectivity index (χ0) is 24.4. The third kappa shape index (κ3) is 4.95. The van der Waals surface area contributed by atoms with Gasteiger partial charge in [-0.05, 0) is 37.5 Å². The van der Waals surface area contributed by atoms with E-state index >= 15 is 0 Å². The van der Waals surface area contributed by atoms with E-state index < -0.39 is 11.6 Å². The van der Waals surface area contributed by atoms with Crippen molar-refractivity contribution >= 4 is 17.8 Å². The summed E-state index contributed by atoms with van der Waals surface area (Å²) in [6.45, 7) is 7.96. The molecule has 0 aliphatic carbocycles. The third-order valence-electron chi connectivity index (χ3n) is 7.52. The predicted octanol–water partition coefficient (Wildman–Crippen LogP) is 1.20. The summed E-state index contributed by atoms with van der Waals surface area (Å²) < 4.78 is 11.2. The maximum absolute atomic E-state index is 13.4. The highest BCUT2D eigenvalue weighted by Crippen LogP contribution is 2.36. The van der Waals surface area contributed by atoms with E-state index in [1.165, 1.54) is 17.7 Å². The summed E-state index contributed by atoms with van der Waals surface area (Å²) >= 11 is 0. The maximum Gasteiger partial charge on any atom is 0.326 e. The van der Waals surface area contributed by atoms with E-state index in [9.17, 15) is 14.4 Å². The minimum atomic E-state index is -1.16. The number of fused-ring (bicyclic) bond motifs is 1. The quantitative estimate of drug-likeness (QED) is 0.627. The molecule has 0 aromatic heterocycles. The van der Waals surface area contributed by atoms with Crippen LogP contribution in [0.25, 0.3) is 0 Å². The van der Waals surface area contributed by atoms with Crippen LogP contribution < -0.4 is 14.8 Å². The second kappa shape index (κ2) is 10.0. The lowest BCUT2D eigenvalue weighted by Gasteiger charge is -2.36. The summed E-state index contributed by atoms with van der Waals surface area (Å²) in [4.78, 5) is 46.4. The molecule has 190 valence electrons. The fourth-order valence-corrected chi connectivity index (χ4v) is 5.28. The number of rotatable bonds is 5. The van der Waals surface area contributed by atoms with Crippen LogP contribution >= 0.6 is 0 Å². The molecule has 10 heteroatoms. The lowest BCUT2D eigenvalue weighted by Crippen LogP contribution is -2.53. The van der Waals surface area contributed by atoms with Gasteiger partial charge in [-0.1, -0.05) is 18.9 Å². The number of urea groups is 1. The number of benzene rings is 1. The maximum atomic E-state index is 13.4. The molecular formula is C25H35N5O5. The number of amides is 4. The summed E-state index contributed by atoms with van der Waals surface area (Å²) in [5.41, 5.74) is -0.492. The van der Waals surface area contributed by atoms with Gasteiger partial charge >= 0.3 is 6.03 Å². The number of imide groups is 1. The lowest BCUT2D eigenvalue weighted by molar-refractivity contribution is -0.133. The van der Waals surface area contributed by atoms with Crippen LogP contribution in [0.1, 0.15) is 38.2 Å². The molecule has 0 saturated carbocycles. The summed E-state index contributed by atoms with van der Waals surface area (Å²) in [5, 5.41) is 2.87. The summed E-state index contributed by atoms with van der Waals surface area (Å²) in [6, 6.07) is 4.96. The average Bonchev–Trinajstić information content (AvgIpc) is 3.06. The van der Waals surface area contributed by atoms with E-state index in [-0.39, 0.29) is 18.5 Å². The molecule has 1 aromatic carbocycles. The van der Waals surface area contributed by atoms with E-state index in [0.717, 1.165) is 39.0 Å². The first-order valence-electron chi connectivity index (χ1n) is 12.7. The Hall–Kier alpha value is -2.85. The molecule has 0 radical (unpaired) electrons. The average molecular weight is 486 g/mol. The summed E-state index contributed by atoms with van der Waals surface area (Å²) in [7, 11) is 0. The van der Waals surface area contributed by atoms with Gasteiger partial charge in [0.25, 0.3) is 5.91 Å². The number of nitrogens with zero attached hydrogens (tertiary/aromatic N) is 4. The van der Waals surface area contributed by atoms with Gasteiger partial charge < -0.3 is 19.7 Å². The van der Waals surface area contributed by atoms with Crippen LogP contribution in [0.15, 0.2) is 18.2 Å².